The fourth-order valence-corrected chi connectivity index (χ4v) is 3.96. The van der Waals surface area contributed by atoms with Crippen molar-refractivity contribution < 1.29 is 14.3 Å². The zero-order valence-corrected chi connectivity index (χ0v) is 18.2. The predicted octanol–water partition coefficient (Wildman–Crippen LogP) is 6.22. The second kappa shape index (κ2) is 7.93. The van der Waals surface area contributed by atoms with E-state index in [1.165, 1.54) is 11.1 Å². The minimum Gasteiger partial charge on any atom is -0.496 e. The van der Waals surface area contributed by atoms with Crippen molar-refractivity contribution in [2.45, 2.75) is 20.1 Å². The van der Waals surface area contributed by atoms with E-state index in [9.17, 15) is 4.79 Å². The van der Waals surface area contributed by atoms with E-state index in [2.05, 4.69) is 42.7 Å². The van der Waals surface area contributed by atoms with Crippen LogP contribution in [-0.4, -0.2) is 13.0 Å². The zero-order chi connectivity index (χ0) is 22.2. The molecule has 1 aliphatic heterocycles. The molecule has 0 saturated carbocycles. The van der Waals surface area contributed by atoms with Crippen LogP contribution in [0.1, 0.15) is 33.3 Å². The molecule has 1 aliphatic rings. The third-order valence-corrected chi connectivity index (χ3v) is 5.92. The van der Waals surface area contributed by atoms with Gasteiger partial charge in [-0.3, -0.25) is 4.79 Å². The van der Waals surface area contributed by atoms with Crippen LogP contribution in [0.5, 0.6) is 11.5 Å². The number of nitrogens with one attached hydrogen (secondary N) is 2. The Morgan fingerprint density at radius 3 is 2.47 bits per heavy atom. The van der Waals surface area contributed by atoms with E-state index < -0.39 is 0 Å². The number of hydrogen-bond acceptors (Lipinski definition) is 4. The van der Waals surface area contributed by atoms with E-state index in [0.717, 1.165) is 27.8 Å². The monoisotopic (exact) mass is 424 g/mol. The Balaban J connectivity index is 1.37. The second-order valence-electron chi connectivity index (χ2n) is 8.05. The molecule has 160 valence electrons. The van der Waals surface area contributed by atoms with Gasteiger partial charge >= 0.3 is 0 Å². The van der Waals surface area contributed by atoms with Crippen molar-refractivity contribution in [3.63, 3.8) is 0 Å². The Morgan fingerprint density at radius 1 is 0.938 bits per heavy atom. The third-order valence-electron chi connectivity index (χ3n) is 5.92. The lowest BCUT2D eigenvalue weighted by atomic mass is 10.1. The molecular weight excluding hydrogens is 400 g/mol. The summed E-state index contributed by atoms with van der Waals surface area (Å²) in [4.78, 5) is 13.1. The van der Waals surface area contributed by atoms with Gasteiger partial charge in [0.25, 0.3) is 5.91 Å². The van der Waals surface area contributed by atoms with Crippen LogP contribution >= 0.6 is 0 Å². The molecule has 0 fully saturated rings. The van der Waals surface area contributed by atoms with Crippen LogP contribution < -0.4 is 20.1 Å². The highest BCUT2D eigenvalue weighted by atomic mass is 16.5. The average molecular weight is 425 g/mol. The topological polar surface area (TPSA) is 59.6 Å². The molecule has 0 bridgehead atoms. The molecule has 0 aliphatic carbocycles. The molecule has 0 radical (unpaired) electrons. The number of carbonyl (C=O) groups excluding carboxylic acids is 1. The Hall–Kier alpha value is -3.99. The van der Waals surface area contributed by atoms with Gasteiger partial charge in [-0.2, -0.15) is 0 Å². The Kier molecular flexibility index (Phi) is 4.94. The highest BCUT2D eigenvalue weighted by molar-refractivity contribution is 6.09. The zero-order valence-electron chi connectivity index (χ0n) is 18.2. The summed E-state index contributed by atoms with van der Waals surface area (Å²) in [5.41, 5.74) is 5.55. The van der Waals surface area contributed by atoms with E-state index in [-0.39, 0.29) is 12.1 Å². The van der Waals surface area contributed by atoms with E-state index in [0.29, 0.717) is 17.0 Å². The van der Waals surface area contributed by atoms with Crippen LogP contribution in [0.3, 0.4) is 0 Å². The summed E-state index contributed by atoms with van der Waals surface area (Å²) in [6.45, 7) is 4.19. The molecule has 1 atom stereocenters. The van der Waals surface area contributed by atoms with Crippen molar-refractivity contribution in [2.75, 3.05) is 17.7 Å². The smallest absolute Gasteiger partial charge is 0.259 e. The first kappa shape index (κ1) is 19.9. The first-order valence-corrected chi connectivity index (χ1v) is 10.5. The first-order chi connectivity index (χ1) is 15.5. The van der Waals surface area contributed by atoms with Gasteiger partial charge in [-0.05, 0) is 66.1 Å². The normalized spacial score (nSPS) is 14.4. The number of amides is 1. The molecule has 32 heavy (non-hydrogen) atoms. The summed E-state index contributed by atoms with van der Waals surface area (Å²) >= 11 is 0. The molecule has 4 aromatic rings. The molecule has 0 saturated heterocycles. The van der Waals surface area contributed by atoms with Gasteiger partial charge in [-0.15, -0.1) is 0 Å². The SMILES string of the molecule is COc1cc2ccccc2cc1C(=O)Nc1ccc2c(c1)NC(c1ccc(C)c(C)c1)O2. The summed E-state index contributed by atoms with van der Waals surface area (Å²) < 4.78 is 11.5. The molecule has 5 nitrogen and oxygen atoms in total. The van der Waals surface area contributed by atoms with Crippen molar-refractivity contribution in [3.05, 3.63) is 95.1 Å². The second-order valence-corrected chi connectivity index (χ2v) is 8.05. The summed E-state index contributed by atoms with van der Waals surface area (Å²) in [6, 6.07) is 23.5. The van der Waals surface area contributed by atoms with Crippen LogP contribution in [0.25, 0.3) is 10.8 Å². The molecule has 1 amide bonds. The standard InChI is InChI=1S/C27H24N2O3/c1-16-8-9-20(12-17(16)2)27-29-23-15-21(10-11-24(23)32-27)28-26(30)22-13-18-6-4-5-7-19(18)14-25(22)31-3/h4-15,27,29H,1-3H3,(H,28,30). The van der Waals surface area contributed by atoms with Gasteiger partial charge in [-0.25, -0.2) is 0 Å². The number of ether oxygens (including phenoxy) is 2. The molecule has 1 unspecified atom stereocenters. The molecule has 1 heterocycles. The van der Waals surface area contributed by atoms with Crippen molar-refractivity contribution in [2.24, 2.45) is 0 Å². The summed E-state index contributed by atoms with van der Waals surface area (Å²) in [5, 5.41) is 8.39. The number of fused-ring (bicyclic) bond motifs is 2. The van der Waals surface area contributed by atoms with Gasteiger partial charge in [0.1, 0.15) is 11.5 Å². The van der Waals surface area contributed by atoms with Crippen LogP contribution in [0.4, 0.5) is 11.4 Å². The van der Waals surface area contributed by atoms with Crippen LogP contribution in [0, 0.1) is 13.8 Å². The maximum atomic E-state index is 13.1. The molecule has 2 N–H and O–H groups in total. The first-order valence-electron chi connectivity index (χ1n) is 10.5. The Morgan fingerprint density at radius 2 is 1.72 bits per heavy atom. The fraction of sp³-hybridized carbons (Fsp3) is 0.148. The Bertz CT molecular complexity index is 1350. The highest BCUT2D eigenvalue weighted by Gasteiger charge is 2.24. The van der Waals surface area contributed by atoms with Crippen LogP contribution in [0.15, 0.2) is 72.8 Å². The molecular formula is C27H24N2O3. The lowest BCUT2D eigenvalue weighted by molar-refractivity contribution is 0.102. The highest BCUT2D eigenvalue weighted by Crippen LogP contribution is 2.40. The van der Waals surface area contributed by atoms with Crippen molar-refractivity contribution in [1.29, 1.82) is 0 Å². The predicted molar refractivity (Wildman–Crippen MR) is 128 cm³/mol. The summed E-state index contributed by atoms with van der Waals surface area (Å²) in [6.07, 6.45) is -0.254. The maximum absolute atomic E-state index is 13.1. The van der Waals surface area contributed by atoms with Gasteiger partial charge < -0.3 is 20.1 Å². The van der Waals surface area contributed by atoms with Crippen LogP contribution in [0.2, 0.25) is 0 Å². The van der Waals surface area contributed by atoms with Crippen molar-refractivity contribution in [1.82, 2.24) is 0 Å². The lowest BCUT2D eigenvalue weighted by Crippen LogP contribution is -2.13. The number of hydrogen-bond donors (Lipinski definition) is 2. The maximum Gasteiger partial charge on any atom is 0.259 e. The van der Waals surface area contributed by atoms with Gasteiger partial charge in [0.15, 0.2) is 6.23 Å². The van der Waals surface area contributed by atoms with E-state index in [1.807, 2.05) is 54.6 Å². The summed E-state index contributed by atoms with van der Waals surface area (Å²) in [5.74, 6) is 1.07. The molecule has 5 rings (SSSR count). The largest absolute Gasteiger partial charge is 0.496 e. The molecule has 5 heteroatoms. The number of rotatable bonds is 4. The fourth-order valence-electron chi connectivity index (χ4n) is 3.96. The summed E-state index contributed by atoms with van der Waals surface area (Å²) in [7, 11) is 1.57. The van der Waals surface area contributed by atoms with E-state index >= 15 is 0 Å². The lowest BCUT2D eigenvalue weighted by Gasteiger charge is -2.13. The van der Waals surface area contributed by atoms with Crippen molar-refractivity contribution in [3.8, 4) is 11.5 Å². The van der Waals surface area contributed by atoms with Gasteiger partial charge in [0.05, 0.1) is 18.4 Å². The van der Waals surface area contributed by atoms with Crippen LogP contribution in [-0.2, 0) is 0 Å². The Labute approximate surface area is 187 Å². The average Bonchev–Trinajstić information content (AvgIpc) is 3.23. The number of aryl methyl sites for hydroxylation is 2. The minimum atomic E-state index is -0.254. The van der Waals surface area contributed by atoms with Crippen molar-refractivity contribution >= 4 is 28.1 Å². The number of methoxy groups -OCH3 is 1. The molecule has 0 spiro atoms. The third kappa shape index (κ3) is 3.62. The quantitative estimate of drug-likeness (QED) is 0.408. The molecule has 4 aromatic carbocycles. The molecule has 0 aromatic heterocycles. The van der Waals surface area contributed by atoms with E-state index in [4.69, 9.17) is 9.47 Å². The number of benzene rings is 4. The van der Waals surface area contributed by atoms with E-state index in [1.54, 1.807) is 7.11 Å². The van der Waals surface area contributed by atoms with Gasteiger partial charge in [0.2, 0.25) is 0 Å². The van der Waals surface area contributed by atoms with Gasteiger partial charge in [-0.1, -0.05) is 42.5 Å². The minimum absolute atomic E-state index is 0.225. The number of carbonyl (C=O) groups is 1. The van der Waals surface area contributed by atoms with Gasteiger partial charge in [0, 0.05) is 11.3 Å². The number of anilines is 2.